The highest BCUT2D eigenvalue weighted by molar-refractivity contribution is 6.17. The van der Waals surface area contributed by atoms with Crippen LogP contribution in [0.3, 0.4) is 0 Å². The largest absolute Gasteiger partial charge is 0.466 e. The van der Waals surface area contributed by atoms with Crippen LogP contribution >= 0.6 is 11.6 Å². The average Bonchev–Trinajstić information content (AvgIpc) is 2.58. The Hall–Kier alpha value is -0.240. The fourth-order valence-electron chi connectivity index (χ4n) is 3.07. The zero-order chi connectivity index (χ0) is 17.7. The van der Waals surface area contributed by atoms with Gasteiger partial charge in [-0.25, -0.2) is 0 Å². The SMILES string of the molecule is CCOC(=O)CCCCCCCCCCCCCCCCCCCl. The molecule has 0 amide bonds. The van der Waals surface area contributed by atoms with Crippen molar-refractivity contribution in [3.63, 3.8) is 0 Å². The third kappa shape index (κ3) is 19.8. The van der Waals surface area contributed by atoms with Gasteiger partial charge in [-0.15, -0.1) is 11.6 Å². The molecule has 0 saturated carbocycles. The second kappa shape index (κ2) is 20.8. The van der Waals surface area contributed by atoms with Gasteiger partial charge in [0.25, 0.3) is 0 Å². The molecule has 0 aliphatic rings. The highest BCUT2D eigenvalue weighted by atomic mass is 35.5. The van der Waals surface area contributed by atoms with Gasteiger partial charge in [-0.1, -0.05) is 89.9 Å². The normalized spacial score (nSPS) is 10.9. The molecule has 0 aromatic rings. The molecule has 0 radical (unpaired) electrons. The molecule has 0 rings (SSSR count). The first-order chi connectivity index (χ1) is 11.8. The number of hydrogen-bond donors (Lipinski definition) is 0. The van der Waals surface area contributed by atoms with E-state index in [1.807, 2.05) is 6.92 Å². The van der Waals surface area contributed by atoms with Crippen molar-refractivity contribution in [2.75, 3.05) is 12.5 Å². The highest BCUT2D eigenvalue weighted by Gasteiger charge is 2.00. The summed E-state index contributed by atoms with van der Waals surface area (Å²) in [6.07, 6.45) is 21.8. The second-order valence-electron chi connectivity index (χ2n) is 6.90. The number of alkyl halides is 1. The lowest BCUT2D eigenvalue weighted by atomic mass is 10.0. The van der Waals surface area contributed by atoms with Crippen molar-refractivity contribution >= 4 is 17.6 Å². The van der Waals surface area contributed by atoms with Gasteiger partial charge in [0.1, 0.15) is 0 Å². The molecule has 0 bridgehead atoms. The topological polar surface area (TPSA) is 26.3 Å². The van der Waals surface area contributed by atoms with Gasteiger partial charge in [0, 0.05) is 12.3 Å². The number of rotatable bonds is 19. The van der Waals surface area contributed by atoms with E-state index in [9.17, 15) is 4.79 Å². The zero-order valence-corrected chi connectivity index (χ0v) is 16.9. The van der Waals surface area contributed by atoms with Crippen LogP contribution < -0.4 is 0 Å². The van der Waals surface area contributed by atoms with E-state index >= 15 is 0 Å². The van der Waals surface area contributed by atoms with Crippen LogP contribution in [0.5, 0.6) is 0 Å². The Morgan fingerprint density at radius 1 is 0.625 bits per heavy atom. The third-order valence-electron chi connectivity index (χ3n) is 4.57. The molecule has 24 heavy (non-hydrogen) atoms. The van der Waals surface area contributed by atoms with Gasteiger partial charge < -0.3 is 4.74 Å². The number of esters is 1. The fraction of sp³-hybridized carbons (Fsp3) is 0.952. The molecule has 0 aromatic heterocycles. The summed E-state index contributed by atoms with van der Waals surface area (Å²) < 4.78 is 4.93. The molecule has 0 unspecified atom stereocenters. The van der Waals surface area contributed by atoms with E-state index in [4.69, 9.17) is 16.3 Å². The van der Waals surface area contributed by atoms with E-state index in [-0.39, 0.29) is 5.97 Å². The third-order valence-corrected chi connectivity index (χ3v) is 4.84. The minimum atomic E-state index is -0.0345. The summed E-state index contributed by atoms with van der Waals surface area (Å²) in [6, 6.07) is 0. The van der Waals surface area contributed by atoms with E-state index in [0.29, 0.717) is 13.0 Å². The van der Waals surface area contributed by atoms with E-state index in [0.717, 1.165) is 12.3 Å². The summed E-state index contributed by atoms with van der Waals surface area (Å²) in [4.78, 5) is 11.2. The number of ether oxygens (including phenoxy) is 1. The van der Waals surface area contributed by atoms with Crippen LogP contribution in [0.1, 0.15) is 116 Å². The van der Waals surface area contributed by atoms with Gasteiger partial charge in [-0.2, -0.15) is 0 Å². The van der Waals surface area contributed by atoms with Crippen molar-refractivity contribution in [3.8, 4) is 0 Å². The standard InChI is InChI=1S/C21H41ClO2/c1-2-24-21(23)19-17-15-13-11-9-7-5-3-4-6-8-10-12-14-16-18-20-22/h2-20H2,1H3. The summed E-state index contributed by atoms with van der Waals surface area (Å²) in [5, 5.41) is 0. The van der Waals surface area contributed by atoms with Gasteiger partial charge in [0.2, 0.25) is 0 Å². The van der Waals surface area contributed by atoms with Crippen LogP contribution in [-0.4, -0.2) is 18.5 Å². The van der Waals surface area contributed by atoms with Gasteiger partial charge in [0.05, 0.1) is 6.61 Å². The van der Waals surface area contributed by atoms with Crippen LogP contribution in [0.4, 0.5) is 0 Å². The average molecular weight is 361 g/mol. The molecule has 0 spiro atoms. The van der Waals surface area contributed by atoms with E-state index in [1.54, 1.807) is 0 Å². The van der Waals surface area contributed by atoms with E-state index in [2.05, 4.69) is 0 Å². The molecule has 0 fully saturated rings. The number of carbonyl (C=O) groups is 1. The summed E-state index contributed by atoms with van der Waals surface area (Å²) in [6.45, 7) is 2.37. The van der Waals surface area contributed by atoms with Crippen molar-refractivity contribution < 1.29 is 9.53 Å². The molecule has 3 heteroatoms. The van der Waals surface area contributed by atoms with Gasteiger partial charge in [0.15, 0.2) is 0 Å². The van der Waals surface area contributed by atoms with Crippen molar-refractivity contribution in [1.29, 1.82) is 0 Å². The van der Waals surface area contributed by atoms with Crippen LogP contribution in [0.15, 0.2) is 0 Å². The van der Waals surface area contributed by atoms with Gasteiger partial charge in [-0.3, -0.25) is 4.79 Å². The summed E-state index contributed by atoms with van der Waals surface area (Å²) in [7, 11) is 0. The molecule has 0 aromatic carbocycles. The van der Waals surface area contributed by atoms with Crippen LogP contribution in [0.2, 0.25) is 0 Å². The molecular formula is C21H41ClO2. The number of unbranched alkanes of at least 4 members (excludes halogenated alkanes) is 15. The highest BCUT2D eigenvalue weighted by Crippen LogP contribution is 2.14. The van der Waals surface area contributed by atoms with Gasteiger partial charge >= 0.3 is 5.97 Å². The molecule has 0 heterocycles. The van der Waals surface area contributed by atoms with Gasteiger partial charge in [-0.05, 0) is 19.8 Å². The second-order valence-corrected chi connectivity index (χ2v) is 7.28. The van der Waals surface area contributed by atoms with Crippen LogP contribution in [0.25, 0.3) is 0 Å². The summed E-state index contributed by atoms with van der Waals surface area (Å²) in [5.41, 5.74) is 0. The lowest BCUT2D eigenvalue weighted by molar-refractivity contribution is -0.143. The number of halogens is 1. The Labute approximate surface area is 156 Å². The molecular weight excluding hydrogens is 320 g/mol. The fourth-order valence-corrected chi connectivity index (χ4v) is 3.26. The first kappa shape index (κ1) is 23.8. The summed E-state index contributed by atoms with van der Waals surface area (Å²) >= 11 is 5.67. The molecule has 0 atom stereocenters. The minimum absolute atomic E-state index is 0.0345. The Balaban J connectivity index is 3.01. The maximum absolute atomic E-state index is 11.2. The summed E-state index contributed by atoms with van der Waals surface area (Å²) in [5.74, 6) is 0.792. The Morgan fingerprint density at radius 2 is 0.958 bits per heavy atom. The van der Waals surface area contributed by atoms with E-state index < -0.39 is 0 Å². The Kier molecular flexibility index (Phi) is 20.6. The first-order valence-electron chi connectivity index (χ1n) is 10.5. The van der Waals surface area contributed by atoms with Crippen molar-refractivity contribution in [2.45, 2.75) is 116 Å². The van der Waals surface area contributed by atoms with Crippen LogP contribution in [-0.2, 0) is 9.53 Å². The minimum Gasteiger partial charge on any atom is -0.466 e. The maximum atomic E-state index is 11.2. The van der Waals surface area contributed by atoms with E-state index in [1.165, 1.54) is 96.3 Å². The lowest BCUT2D eigenvalue weighted by Gasteiger charge is -2.04. The lowest BCUT2D eigenvalue weighted by Crippen LogP contribution is -2.03. The predicted molar refractivity (Wildman–Crippen MR) is 106 cm³/mol. The smallest absolute Gasteiger partial charge is 0.305 e. The van der Waals surface area contributed by atoms with Crippen molar-refractivity contribution in [1.82, 2.24) is 0 Å². The zero-order valence-electron chi connectivity index (χ0n) is 16.1. The molecule has 0 saturated heterocycles. The number of hydrogen-bond acceptors (Lipinski definition) is 2. The molecule has 2 nitrogen and oxygen atoms in total. The molecule has 0 N–H and O–H groups in total. The quantitative estimate of drug-likeness (QED) is 0.136. The number of carbonyl (C=O) groups excluding carboxylic acids is 1. The predicted octanol–water partition coefficient (Wildman–Crippen LogP) is 7.42. The molecule has 0 aliphatic heterocycles. The monoisotopic (exact) mass is 360 g/mol. The Morgan fingerprint density at radius 3 is 1.29 bits per heavy atom. The first-order valence-corrected chi connectivity index (χ1v) is 11.1. The van der Waals surface area contributed by atoms with Crippen molar-refractivity contribution in [3.05, 3.63) is 0 Å². The van der Waals surface area contributed by atoms with Crippen LogP contribution in [0, 0.1) is 0 Å². The Bertz CT molecular complexity index is 256. The molecule has 144 valence electrons. The maximum Gasteiger partial charge on any atom is 0.305 e. The molecule has 0 aliphatic carbocycles. The van der Waals surface area contributed by atoms with Crippen molar-refractivity contribution in [2.24, 2.45) is 0 Å².